The Hall–Kier alpha value is -3.72. The molecule has 1 N–H and O–H groups in total. The van der Waals surface area contributed by atoms with Gasteiger partial charge in [0.25, 0.3) is 0 Å². The van der Waals surface area contributed by atoms with Gasteiger partial charge in [0.2, 0.25) is 0 Å². The van der Waals surface area contributed by atoms with Gasteiger partial charge in [-0.3, -0.25) is 0 Å². The molecule has 0 saturated carbocycles. The Morgan fingerprint density at radius 3 is 1.91 bits per heavy atom. The van der Waals surface area contributed by atoms with Crippen LogP contribution in [0.15, 0.2) is 65.1 Å². The molecule has 0 heterocycles. The van der Waals surface area contributed by atoms with Gasteiger partial charge in [-0.05, 0) is 54.1 Å². The second-order valence-electron chi connectivity index (χ2n) is 6.96. The number of benzene rings is 3. The van der Waals surface area contributed by atoms with Gasteiger partial charge in [-0.15, -0.1) is 0 Å². The number of hydrogen-bond donors (Lipinski definition) is 1. The van der Waals surface area contributed by atoms with E-state index in [2.05, 4.69) is 20.7 Å². The highest BCUT2D eigenvalue weighted by Gasteiger charge is 2.12. The fourth-order valence-corrected chi connectivity index (χ4v) is 3.39. The summed E-state index contributed by atoms with van der Waals surface area (Å²) in [6.45, 7) is 0.484. The van der Waals surface area contributed by atoms with Crippen LogP contribution in [0.3, 0.4) is 0 Å². The summed E-state index contributed by atoms with van der Waals surface area (Å²) < 4.78 is 26.0. The average Bonchev–Trinajstić information content (AvgIpc) is 2.88. The molecule has 186 valence electrons. The summed E-state index contributed by atoms with van der Waals surface area (Å²) in [5.41, 5.74) is 1.89. The van der Waals surface area contributed by atoms with Crippen LogP contribution in [0.4, 0.5) is 0 Å². The fourth-order valence-electron chi connectivity index (χ4n) is 2.94. The van der Waals surface area contributed by atoms with Crippen LogP contribution in [-0.2, 0) is 15.9 Å². The monoisotopic (exact) mass is 546 g/mol. The summed E-state index contributed by atoms with van der Waals surface area (Å²) in [5.74, 6) is 0.470. The van der Waals surface area contributed by atoms with Crippen molar-refractivity contribution in [3.63, 3.8) is 0 Å². The van der Waals surface area contributed by atoms with E-state index in [0.29, 0.717) is 35.0 Å². The molecule has 0 bridgehead atoms. The Balaban J connectivity index is 0.000000283. The Kier molecular flexibility index (Phi) is 10.9. The maximum Gasteiger partial charge on any atom is 0.337 e. The summed E-state index contributed by atoms with van der Waals surface area (Å²) >= 11 is 3.44. The minimum absolute atomic E-state index is 0.0783. The van der Waals surface area contributed by atoms with Crippen LogP contribution in [0.5, 0.6) is 23.0 Å². The third-order valence-corrected chi connectivity index (χ3v) is 5.22. The van der Waals surface area contributed by atoms with Crippen molar-refractivity contribution in [2.24, 2.45) is 0 Å². The number of aromatic hydroxyl groups is 1. The topological polar surface area (TPSA) is 101 Å². The molecule has 9 heteroatoms. The number of hydrogen-bond acceptors (Lipinski definition) is 8. The molecular weight excluding hydrogens is 520 g/mol. The number of esters is 2. The Morgan fingerprint density at radius 1 is 0.771 bits per heavy atom. The molecular formula is C26H27BrO8. The van der Waals surface area contributed by atoms with Crippen molar-refractivity contribution in [1.82, 2.24) is 0 Å². The van der Waals surface area contributed by atoms with Crippen LogP contribution in [0.1, 0.15) is 26.3 Å². The first kappa shape index (κ1) is 27.5. The first-order valence-corrected chi connectivity index (χ1v) is 11.2. The van der Waals surface area contributed by atoms with Crippen LogP contribution >= 0.6 is 15.9 Å². The van der Waals surface area contributed by atoms with E-state index in [-0.39, 0.29) is 5.75 Å². The highest BCUT2D eigenvalue weighted by atomic mass is 79.9. The molecule has 0 saturated heterocycles. The van der Waals surface area contributed by atoms with Crippen LogP contribution in [-0.4, -0.2) is 52.1 Å². The second-order valence-corrected chi connectivity index (χ2v) is 7.88. The number of halogens is 1. The van der Waals surface area contributed by atoms with E-state index in [4.69, 9.17) is 18.9 Å². The van der Waals surface area contributed by atoms with Crippen molar-refractivity contribution in [3.05, 3.63) is 81.8 Å². The molecule has 3 rings (SSSR count). The smallest absolute Gasteiger partial charge is 0.337 e. The SMILES string of the molecule is COC(=O)c1ccc(OC)c(O)c1.COC(=O)c1ccc(OC)c(OCCc2cccc(Br)c2)c1. The van der Waals surface area contributed by atoms with Crippen molar-refractivity contribution < 1.29 is 38.4 Å². The molecule has 0 aliphatic rings. The molecule has 0 aromatic heterocycles. The van der Waals surface area contributed by atoms with Crippen LogP contribution in [0, 0.1) is 0 Å². The average molecular weight is 547 g/mol. The van der Waals surface area contributed by atoms with Gasteiger partial charge in [0.1, 0.15) is 0 Å². The lowest BCUT2D eigenvalue weighted by Gasteiger charge is -2.12. The van der Waals surface area contributed by atoms with E-state index < -0.39 is 11.9 Å². The number of carbonyl (C=O) groups is 2. The molecule has 0 fully saturated rings. The van der Waals surface area contributed by atoms with E-state index in [1.54, 1.807) is 25.3 Å². The normalized spacial score (nSPS) is 9.86. The fraction of sp³-hybridized carbons (Fsp3) is 0.231. The first-order valence-electron chi connectivity index (χ1n) is 10.4. The molecule has 0 atom stereocenters. The molecule has 0 aliphatic carbocycles. The van der Waals surface area contributed by atoms with Gasteiger partial charge in [-0.25, -0.2) is 9.59 Å². The Labute approximate surface area is 212 Å². The lowest BCUT2D eigenvalue weighted by molar-refractivity contribution is 0.0591. The third kappa shape index (κ3) is 8.22. The number of methoxy groups -OCH3 is 4. The number of carbonyl (C=O) groups excluding carboxylic acids is 2. The predicted octanol–water partition coefficient (Wildman–Crippen LogP) is 5.05. The first-order chi connectivity index (χ1) is 16.8. The van der Waals surface area contributed by atoms with E-state index in [1.807, 2.05) is 24.3 Å². The quantitative estimate of drug-likeness (QED) is 0.391. The minimum Gasteiger partial charge on any atom is -0.504 e. The summed E-state index contributed by atoms with van der Waals surface area (Å²) in [6, 6.07) is 17.3. The Morgan fingerprint density at radius 2 is 1.37 bits per heavy atom. The summed E-state index contributed by atoms with van der Waals surface area (Å²) in [7, 11) is 5.63. The van der Waals surface area contributed by atoms with Gasteiger partial charge in [-0.2, -0.15) is 0 Å². The summed E-state index contributed by atoms with van der Waals surface area (Å²) in [6.07, 6.45) is 0.755. The van der Waals surface area contributed by atoms with E-state index in [0.717, 1.165) is 16.5 Å². The summed E-state index contributed by atoms with van der Waals surface area (Å²) in [5, 5.41) is 9.30. The maximum absolute atomic E-state index is 11.6. The predicted molar refractivity (Wildman–Crippen MR) is 134 cm³/mol. The molecule has 3 aromatic rings. The molecule has 0 unspecified atom stereocenters. The molecule has 0 radical (unpaired) electrons. The van der Waals surface area contributed by atoms with Crippen LogP contribution in [0.25, 0.3) is 0 Å². The zero-order valence-corrected chi connectivity index (χ0v) is 21.5. The number of phenols is 1. The van der Waals surface area contributed by atoms with Gasteiger partial charge >= 0.3 is 11.9 Å². The summed E-state index contributed by atoms with van der Waals surface area (Å²) in [4.78, 5) is 22.6. The van der Waals surface area contributed by atoms with E-state index in [9.17, 15) is 14.7 Å². The molecule has 0 spiro atoms. The lowest BCUT2D eigenvalue weighted by Crippen LogP contribution is -2.05. The van der Waals surface area contributed by atoms with Crippen LogP contribution in [0.2, 0.25) is 0 Å². The molecule has 8 nitrogen and oxygen atoms in total. The van der Waals surface area contributed by atoms with Gasteiger partial charge in [0.15, 0.2) is 23.0 Å². The highest BCUT2D eigenvalue weighted by Crippen LogP contribution is 2.29. The third-order valence-electron chi connectivity index (χ3n) is 4.72. The maximum atomic E-state index is 11.6. The minimum atomic E-state index is -0.488. The largest absolute Gasteiger partial charge is 0.504 e. The number of phenolic OH excluding ortho intramolecular Hbond substituents is 1. The van der Waals surface area contributed by atoms with E-state index >= 15 is 0 Å². The molecule has 0 amide bonds. The van der Waals surface area contributed by atoms with Gasteiger partial charge in [0, 0.05) is 10.9 Å². The zero-order valence-electron chi connectivity index (χ0n) is 19.9. The van der Waals surface area contributed by atoms with Gasteiger partial charge in [-0.1, -0.05) is 28.1 Å². The van der Waals surface area contributed by atoms with Crippen molar-refractivity contribution in [2.75, 3.05) is 35.0 Å². The van der Waals surface area contributed by atoms with E-state index in [1.165, 1.54) is 39.5 Å². The number of ether oxygens (including phenoxy) is 5. The second kappa shape index (κ2) is 13.9. The van der Waals surface area contributed by atoms with Crippen molar-refractivity contribution in [3.8, 4) is 23.0 Å². The highest BCUT2D eigenvalue weighted by molar-refractivity contribution is 9.10. The lowest BCUT2D eigenvalue weighted by atomic mass is 10.1. The molecule has 3 aromatic carbocycles. The molecule has 35 heavy (non-hydrogen) atoms. The zero-order chi connectivity index (χ0) is 25.8. The van der Waals surface area contributed by atoms with Crippen molar-refractivity contribution in [1.29, 1.82) is 0 Å². The standard InChI is InChI=1S/C17H17BrO4.C9H10O4/c1-20-15-7-6-13(17(19)21-2)11-16(15)22-9-8-12-4-3-5-14(18)10-12;1-12-8-4-3-6(5-7(8)10)9(11)13-2/h3-7,10-11H,8-9H2,1-2H3;3-5,10H,1-2H3. The Bertz CT molecular complexity index is 1150. The van der Waals surface area contributed by atoms with Crippen molar-refractivity contribution >= 4 is 27.9 Å². The van der Waals surface area contributed by atoms with Gasteiger partial charge in [0.05, 0.1) is 46.2 Å². The van der Waals surface area contributed by atoms with Crippen LogP contribution < -0.4 is 14.2 Å². The van der Waals surface area contributed by atoms with Gasteiger partial charge < -0.3 is 28.8 Å². The number of rotatable bonds is 8. The molecule has 0 aliphatic heterocycles. The van der Waals surface area contributed by atoms with Crippen molar-refractivity contribution in [2.45, 2.75) is 6.42 Å².